The van der Waals surface area contributed by atoms with Gasteiger partial charge in [-0.1, -0.05) is 5.16 Å². The zero-order valence-corrected chi connectivity index (χ0v) is 10.8. The van der Waals surface area contributed by atoms with E-state index in [4.69, 9.17) is 5.11 Å². The van der Waals surface area contributed by atoms with E-state index in [0.717, 1.165) is 6.07 Å². The molecule has 0 aliphatic heterocycles. The molecule has 8 heteroatoms. The van der Waals surface area contributed by atoms with Crippen molar-refractivity contribution >= 4 is 17.8 Å². The molecule has 0 aliphatic carbocycles. The predicted octanol–water partition coefficient (Wildman–Crippen LogP) is -0.125. The molecule has 1 aromatic heterocycles. The van der Waals surface area contributed by atoms with Crippen LogP contribution in [0.1, 0.15) is 34.9 Å². The molecule has 0 saturated carbocycles. The van der Waals surface area contributed by atoms with Gasteiger partial charge in [0.2, 0.25) is 11.7 Å². The topological polar surface area (TPSA) is 122 Å². The molecule has 8 nitrogen and oxygen atoms in total. The predicted molar refractivity (Wildman–Crippen MR) is 63.6 cm³/mol. The highest BCUT2D eigenvalue weighted by molar-refractivity contribution is 5.95. The summed E-state index contributed by atoms with van der Waals surface area (Å²) >= 11 is 0. The van der Waals surface area contributed by atoms with Crippen LogP contribution in [0.15, 0.2) is 10.6 Å². The Kier molecular flexibility index (Phi) is 4.26. The molecular formula is C11H15N3O5. The van der Waals surface area contributed by atoms with Crippen molar-refractivity contribution in [3.8, 4) is 0 Å². The van der Waals surface area contributed by atoms with E-state index < -0.39 is 23.1 Å². The first-order valence-electron chi connectivity index (χ1n) is 5.48. The minimum absolute atomic E-state index is 0.0841. The van der Waals surface area contributed by atoms with E-state index in [1.807, 2.05) is 0 Å². The number of carbonyl (C=O) groups is 3. The van der Waals surface area contributed by atoms with Gasteiger partial charge in [-0.05, 0) is 13.8 Å². The second-order valence-corrected chi connectivity index (χ2v) is 4.53. The maximum absolute atomic E-state index is 11.7. The lowest BCUT2D eigenvalue weighted by Gasteiger charge is -2.22. The van der Waals surface area contributed by atoms with E-state index in [1.165, 1.54) is 7.05 Å². The van der Waals surface area contributed by atoms with Gasteiger partial charge in [0.15, 0.2) is 5.69 Å². The van der Waals surface area contributed by atoms with Crippen molar-refractivity contribution in [2.75, 3.05) is 13.6 Å². The first-order chi connectivity index (χ1) is 8.77. The summed E-state index contributed by atoms with van der Waals surface area (Å²) in [5, 5.41) is 16.9. The van der Waals surface area contributed by atoms with Gasteiger partial charge in [-0.2, -0.15) is 0 Å². The van der Waals surface area contributed by atoms with E-state index >= 15 is 0 Å². The molecule has 0 fully saturated rings. The summed E-state index contributed by atoms with van der Waals surface area (Å²) in [5.41, 5.74) is -0.936. The number of nitrogens with one attached hydrogen (secondary N) is 2. The maximum Gasteiger partial charge on any atom is 0.374 e. The number of carboxylic acid groups (broad SMARTS) is 1. The number of carboxylic acids is 1. The fourth-order valence-electron chi connectivity index (χ4n) is 1.29. The Bertz CT molecular complexity index is 506. The molecule has 0 saturated heterocycles. The van der Waals surface area contributed by atoms with Crippen molar-refractivity contribution in [2.24, 2.45) is 5.41 Å². The Morgan fingerprint density at radius 1 is 1.42 bits per heavy atom. The van der Waals surface area contributed by atoms with Gasteiger partial charge in [-0.25, -0.2) is 4.79 Å². The molecule has 0 radical (unpaired) electrons. The summed E-state index contributed by atoms with van der Waals surface area (Å²) in [7, 11) is 1.50. The van der Waals surface area contributed by atoms with Crippen molar-refractivity contribution in [1.82, 2.24) is 15.8 Å². The SMILES string of the molecule is CNC(=O)C(C)(C)CNC(=O)c1cc(C(=O)O)on1. The van der Waals surface area contributed by atoms with Crippen LogP contribution in [0.3, 0.4) is 0 Å². The number of aromatic carboxylic acids is 1. The smallest absolute Gasteiger partial charge is 0.374 e. The lowest BCUT2D eigenvalue weighted by atomic mass is 9.92. The highest BCUT2D eigenvalue weighted by atomic mass is 16.5. The Balaban J connectivity index is 2.65. The summed E-state index contributed by atoms with van der Waals surface area (Å²) in [6.07, 6.45) is 0. The molecule has 1 rings (SSSR count). The fraction of sp³-hybridized carbons (Fsp3) is 0.455. The largest absolute Gasteiger partial charge is 0.475 e. The number of carbonyl (C=O) groups excluding carboxylic acids is 2. The second kappa shape index (κ2) is 5.51. The van der Waals surface area contributed by atoms with Crippen LogP contribution in [0.25, 0.3) is 0 Å². The summed E-state index contributed by atoms with van der Waals surface area (Å²) < 4.78 is 4.46. The van der Waals surface area contributed by atoms with Gasteiger partial charge in [0, 0.05) is 19.7 Å². The highest BCUT2D eigenvalue weighted by Gasteiger charge is 2.28. The molecule has 0 spiro atoms. The van der Waals surface area contributed by atoms with Crippen molar-refractivity contribution in [1.29, 1.82) is 0 Å². The quantitative estimate of drug-likeness (QED) is 0.684. The number of amides is 2. The number of hydrogen-bond acceptors (Lipinski definition) is 5. The average Bonchev–Trinajstić information content (AvgIpc) is 2.84. The molecule has 2 amide bonds. The molecule has 0 unspecified atom stereocenters. The van der Waals surface area contributed by atoms with E-state index in [1.54, 1.807) is 13.8 Å². The average molecular weight is 269 g/mol. The van der Waals surface area contributed by atoms with Gasteiger partial charge in [0.25, 0.3) is 5.91 Å². The van der Waals surface area contributed by atoms with E-state index in [0.29, 0.717) is 0 Å². The van der Waals surface area contributed by atoms with Gasteiger partial charge >= 0.3 is 5.97 Å². The number of rotatable bonds is 5. The van der Waals surface area contributed by atoms with Crippen LogP contribution in [0, 0.1) is 5.41 Å². The molecule has 104 valence electrons. The molecule has 19 heavy (non-hydrogen) atoms. The normalized spacial score (nSPS) is 10.9. The number of aromatic nitrogens is 1. The lowest BCUT2D eigenvalue weighted by Crippen LogP contribution is -2.43. The van der Waals surface area contributed by atoms with Gasteiger partial charge < -0.3 is 20.3 Å². The van der Waals surface area contributed by atoms with Crippen LogP contribution in [0.4, 0.5) is 0 Å². The molecule has 0 aliphatic rings. The zero-order valence-electron chi connectivity index (χ0n) is 10.8. The number of hydrogen-bond donors (Lipinski definition) is 3. The Hall–Kier alpha value is -2.38. The fourth-order valence-corrected chi connectivity index (χ4v) is 1.29. The molecule has 0 aromatic carbocycles. The molecule has 0 atom stereocenters. The van der Waals surface area contributed by atoms with Crippen LogP contribution >= 0.6 is 0 Å². The van der Waals surface area contributed by atoms with E-state index in [9.17, 15) is 14.4 Å². The zero-order chi connectivity index (χ0) is 14.6. The van der Waals surface area contributed by atoms with Crippen molar-refractivity contribution in [3.63, 3.8) is 0 Å². The summed E-state index contributed by atoms with van der Waals surface area (Å²) in [4.78, 5) is 33.7. The van der Waals surface area contributed by atoms with Crippen LogP contribution in [-0.2, 0) is 4.79 Å². The highest BCUT2D eigenvalue weighted by Crippen LogP contribution is 2.13. The van der Waals surface area contributed by atoms with Crippen LogP contribution in [0.2, 0.25) is 0 Å². The minimum Gasteiger partial charge on any atom is -0.475 e. The molecule has 1 heterocycles. The molecule has 1 aromatic rings. The van der Waals surface area contributed by atoms with Crippen LogP contribution < -0.4 is 10.6 Å². The Labute approximate surface area is 109 Å². The lowest BCUT2D eigenvalue weighted by molar-refractivity contribution is -0.128. The first kappa shape index (κ1) is 14.7. The first-order valence-corrected chi connectivity index (χ1v) is 5.48. The van der Waals surface area contributed by atoms with Crippen molar-refractivity contribution < 1.29 is 24.0 Å². The van der Waals surface area contributed by atoms with Crippen LogP contribution in [-0.4, -0.2) is 41.6 Å². The number of nitrogens with zero attached hydrogens (tertiary/aromatic N) is 1. The van der Waals surface area contributed by atoms with Gasteiger partial charge in [0.1, 0.15) is 0 Å². The molecule has 0 bridgehead atoms. The summed E-state index contributed by atoms with van der Waals surface area (Å²) in [6.45, 7) is 3.41. The molecular weight excluding hydrogens is 254 g/mol. The van der Waals surface area contributed by atoms with E-state index in [2.05, 4.69) is 20.3 Å². The molecule has 3 N–H and O–H groups in total. The van der Waals surface area contributed by atoms with Gasteiger partial charge in [0.05, 0.1) is 5.41 Å². The van der Waals surface area contributed by atoms with Gasteiger partial charge in [-0.3, -0.25) is 9.59 Å². The van der Waals surface area contributed by atoms with Crippen molar-refractivity contribution in [2.45, 2.75) is 13.8 Å². The van der Waals surface area contributed by atoms with Gasteiger partial charge in [-0.15, -0.1) is 0 Å². The Morgan fingerprint density at radius 3 is 2.53 bits per heavy atom. The summed E-state index contributed by atoms with van der Waals surface area (Å²) in [6, 6.07) is 1.02. The third-order valence-corrected chi connectivity index (χ3v) is 2.49. The standard InChI is InChI=1S/C11H15N3O5/c1-11(2,10(18)12-3)5-13-8(15)6-4-7(9(16)17)19-14-6/h4H,5H2,1-3H3,(H,12,18)(H,13,15)(H,16,17). The summed E-state index contributed by atoms with van der Waals surface area (Å²) in [5.74, 6) is -2.56. The second-order valence-electron chi connectivity index (χ2n) is 4.53. The maximum atomic E-state index is 11.7. The third-order valence-electron chi connectivity index (χ3n) is 2.49. The monoisotopic (exact) mass is 269 g/mol. The van der Waals surface area contributed by atoms with E-state index in [-0.39, 0.29) is 18.1 Å². The Morgan fingerprint density at radius 2 is 2.05 bits per heavy atom. The third kappa shape index (κ3) is 3.54. The van der Waals surface area contributed by atoms with Crippen molar-refractivity contribution in [3.05, 3.63) is 17.5 Å². The minimum atomic E-state index is -1.31. The van der Waals surface area contributed by atoms with Crippen LogP contribution in [0.5, 0.6) is 0 Å².